The molecule has 0 saturated heterocycles. The lowest BCUT2D eigenvalue weighted by Crippen LogP contribution is -2.29. The van der Waals surface area contributed by atoms with E-state index in [0.29, 0.717) is 5.92 Å². The van der Waals surface area contributed by atoms with Crippen LogP contribution >= 0.6 is 0 Å². The van der Waals surface area contributed by atoms with Crippen LogP contribution in [0.15, 0.2) is 11.8 Å². The molecular formula is C13H20O. The second kappa shape index (κ2) is 3.35. The Morgan fingerprint density at radius 1 is 1.29 bits per heavy atom. The largest absolute Gasteiger partial charge is 0.467 e. The lowest BCUT2D eigenvalue weighted by Gasteiger charge is -2.29. The van der Waals surface area contributed by atoms with E-state index in [-0.39, 0.29) is 11.0 Å². The Morgan fingerprint density at radius 2 is 1.79 bits per heavy atom. The van der Waals surface area contributed by atoms with Crippen LogP contribution in [0.3, 0.4) is 0 Å². The average molecular weight is 192 g/mol. The molecule has 0 radical (unpaired) electrons. The van der Waals surface area contributed by atoms with Crippen molar-refractivity contribution in [2.75, 3.05) is 0 Å². The Morgan fingerprint density at radius 3 is 2.00 bits per heavy atom. The first-order valence-corrected chi connectivity index (χ1v) is 5.22. The normalized spacial score (nSPS) is 18.9. The molecule has 1 aliphatic rings. The molecule has 0 spiro atoms. The second-order valence-electron chi connectivity index (χ2n) is 5.15. The maximum atomic E-state index is 5.96. The van der Waals surface area contributed by atoms with E-state index < -0.39 is 0 Å². The molecule has 0 aromatic carbocycles. The predicted octanol–water partition coefficient (Wildman–Crippen LogP) is 3.36. The molecule has 0 bridgehead atoms. The molecule has 0 unspecified atom stereocenters. The first kappa shape index (κ1) is 11.2. The summed E-state index contributed by atoms with van der Waals surface area (Å²) in [7, 11) is 0. The van der Waals surface area contributed by atoms with Gasteiger partial charge < -0.3 is 4.74 Å². The zero-order valence-electron chi connectivity index (χ0n) is 10.1. The summed E-state index contributed by atoms with van der Waals surface area (Å²) in [6, 6.07) is 0. The number of hydrogen-bond donors (Lipinski definition) is 0. The van der Waals surface area contributed by atoms with Gasteiger partial charge in [-0.25, -0.2) is 0 Å². The lowest BCUT2D eigenvalue weighted by atomic mass is 9.92. The Balaban J connectivity index is 2.69. The standard InChI is InChI=1S/C13H20O/c1-7-11(12(4,5)6)14-13(8-9-13)10(2)3/h7,10H,1-6H3/b11-7-. The van der Waals surface area contributed by atoms with Crippen molar-refractivity contribution in [2.45, 2.75) is 47.1 Å². The van der Waals surface area contributed by atoms with Crippen LogP contribution in [0.1, 0.15) is 41.5 Å². The van der Waals surface area contributed by atoms with Gasteiger partial charge in [-0.2, -0.15) is 0 Å². The molecule has 0 aromatic rings. The van der Waals surface area contributed by atoms with Crippen LogP contribution in [0.4, 0.5) is 0 Å². The smallest absolute Gasteiger partial charge is 0.232 e. The van der Waals surface area contributed by atoms with E-state index in [1.807, 2.05) is 13.0 Å². The third-order valence-electron chi connectivity index (χ3n) is 2.46. The third kappa shape index (κ3) is 2.12. The highest BCUT2D eigenvalue weighted by atomic mass is 16.5. The van der Waals surface area contributed by atoms with Crippen molar-refractivity contribution in [3.63, 3.8) is 0 Å². The summed E-state index contributed by atoms with van der Waals surface area (Å²) in [5.74, 6) is 7.56. The highest BCUT2D eigenvalue weighted by Gasteiger charge is 2.42. The van der Waals surface area contributed by atoms with E-state index in [9.17, 15) is 0 Å². The minimum atomic E-state index is -0.338. The zero-order chi connectivity index (χ0) is 11.0. The molecule has 0 aromatic heterocycles. The lowest BCUT2D eigenvalue weighted by molar-refractivity contribution is 0.0489. The molecule has 0 N–H and O–H groups in total. The molecule has 1 nitrogen and oxygen atoms in total. The van der Waals surface area contributed by atoms with Gasteiger partial charge in [-0.05, 0) is 24.8 Å². The van der Waals surface area contributed by atoms with E-state index in [1.54, 1.807) is 0 Å². The Bertz CT molecular complexity index is 296. The van der Waals surface area contributed by atoms with Gasteiger partial charge in [0.2, 0.25) is 5.60 Å². The van der Waals surface area contributed by atoms with Crippen molar-refractivity contribution in [3.8, 4) is 11.8 Å². The number of ether oxygens (including phenoxy) is 1. The van der Waals surface area contributed by atoms with Gasteiger partial charge in [0.05, 0.1) is 0 Å². The second-order valence-corrected chi connectivity index (χ2v) is 5.15. The van der Waals surface area contributed by atoms with Crippen molar-refractivity contribution < 1.29 is 4.74 Å². The molecule has 0 heterocycles. The molecule has 14 heavy (non-hydrogen) atoms. The van der Waals surface area contributed by atoms with E-state index in [2.05, 4.69) is 46.5 Å². The topological polar surface area (TPSA) is 9.23 Å². The van der Waals surface area contributed by atoms with Crippen LogP contribution in [-0.2, 0) is 4.74 Å². The molecule has 78 valence electrons. The van der Waals surface area contributed by atoms with Crippen molar-refractivity contribution in [1.82, 2.24) is 0 Å². The summed E-state index contributed by atoms with van der Waals surface area (Å²) in [5, 5.41) is 0. The quantitative estimate of drug-likeness (QED) is 0.492. The molecule has 0 amide bonds. The predicted molar refractivity (Wildman–Crippen MR) is 59.6 cm³/mol. The fourth-order valence-electron chi connectivity index (χ4n) is 1.34. The monoisotopic (exact) mass is 192 g/mol. The van der Waals surface area contributed by atoms with Crippen LogP contribution in [0.25, 0.3) is 0 Å². The average Bonchev–Trinajstić information content (AvgIpc) is 2.78. The number of allylic oxidation sites excluding steroid dienone is 2. The first-order chi connectivity index (χ1) is 6.32. The van der Waals surface area contributed by atoms with Crippen LogP contribution in [0.2, 0.25) is 0 Å². The maximum absolute atomic E-state index is 5.96. The van der Waals surface area contributed by atoms with Crippen LogP contribution in [0, 0.1) is 23.2 Å². The zero-order valence-corrected chi connectivity index (χ0v) is 10.1. The van der Waals surface area contributed by atoms with Gasteiger partial charge in [0.1, 0.15) is 5.76 Å². The van der Waals surface area contributed by atoms with E-state index in [0.717, 1.165) is 5.76 Å². The van der Waals surface area contributed by atoms with Gasteiger partial charge in [0.15, 0.2) is 0 Å². The van der Waals surface area contributed by atoms with Gasteiger partial charge in [-0.1, -0.05) is 34.6 Å². The minimum absolute atomic E-state index is 0.0581. The van der Waals surface area contributed by atoms with E-state index in [1.165, 1.54) is 0 Å². The van der Waals surface area contributed by atoms with Gasteiger partial charge in [-0.3, -0.25) is 0 Å². The van der Waals surface area contributed by atoms with Crippen molar-refractivity contribution in [3.05, 3.63) is 11.8 Å². The SMILES string of the molecule is C/C=C(\OC1(C(C)C)C#C1)C(C)(C)C. The molecule has 0 saturated carbocycles. The fourth-order valence-corrected chi connectivity index (χ4v) is 1.34. The van der Waals surface area contributed by atoms with Crippen LogP contribution in [0.5, 0.6) is 0 Å². The molecule has 0 aliphatic heterocycles. The Labute approximate surface area is 87.5 Å². The molecule has 0 fully saturated rings. The summed E-state index contributed by atoms with van der Waals surface area (Å²) < 4.78 is 5.96. The number of rotatable bonds is 3. The molecule has 1 heteroatoms. The molecule has 1 aliphatic carbocycles. The van der Waals surface area contributed by atoms with Crippen molar-refractivity contribution in [2.24, 2.45) is 11.3 Å². The first-order valence-electron chi connectivity index (χ1n) is 5.22. The summed E-state index contributed by atoms with van der Waals surface area (Å²) in [5.41, 5.74) is -0.280. The van der Waals surface area contributed by atoms with E-state index >= 15 is 0 Å². The Hall–Kier alpha value is -0.900. The summed E-state index contributed by atoms with van der Waals surface area (Å²) in [6.45, 7) is 12.7. The number of hydrogen-bond acceptors (Lipinski definition) is 1. The van der Waals surface area contributed by atoms with Crippen molar-refractivity contribution in [1.29, 1.82) is 0 Å². The van der Waals surface area contributed by atoms with Crippen LogP contribution in [-0.4, -0.2) is 5.60 Å². The Kier molecular flexibility index (Phi) is 2.67. The van der Waals surface area contributed by atoms with Gasteiger partial charge in [-0.15, -0.1) is 0 Å². The highest BCUT2D eigenvalue weighted by Crippen LogP contribution is 2.37. The van der Waals surface area contributed by atoms with E-state index in [4.69, 9.17) is 4.74 Å². The summed E-state index contributed by atoms with van der Waals surface area (Å²) in [6.07, 6.45) is 2.03. The molecule has 0 atom stereocenters. The van der Waals surface area contributed by atoms with Crippen molar-refractivity contribution >= 4 is 0 Å². The van der Waals surface area contributed by atoms with Gasteiger partial charge in [0.25, 0.3) is 0 Å². The van der Waals surface area contributed by atoms with Gasteiger partial charge >= 0.3 is 0 Å². The summed E-state index contributed by atoms with van der Waals surface area (Å²) >= 11 is 0. The van der Waals surface area contributed by atoms with Gasteiger partial charge in [0, 0.05) is 11.3 Å². The minimum Gasteiger partial charge on any atom is -0.467 e. The fraction of sp³-hybridized carbons (Fsp3) is 0.692. The highest BCUT2D eigenvalue weighted by molar-refractivity contribution is 5.46. The molecule has 1 rings (SSSR count). The maximum Gasteiger partial charge on any atom is 0.232 e. The molecular weight excluding hydrogens is 172 g/mol. The third-order valence-corrected chi connectivity index (χ3v) is 2.46. The summed E-state index contributed by atoms with van der Waals surface area (Å²) in [4.78, 5) is 0. The van der Waals surface area contributed by atoms with Crippen LogP contribution < -0.4 is 0 Å².